The zero-order valence-electron chi connectivity index (χ0n) is 16.2. The number of aliphatic hydroxyl groups is 1. The normalized spacial score (nSPS) is 16.2. The van der Waals surface area contributed by atoms with Gasteiger partial charge in [0.15, 0.2) is 5.78 Å². The number of nitrogens with zero attached hydrogens (tertiary/aromatic N) is 2. The van der Waals surface area contributed by atoms with Gasteiger partial charge in [0, 0.05) is 49.0 Å². The fourth-order valence-electron chi connectivity index (χ4n) is 3.37. The molecular weight excluding hydrogens is 376 g/mol. The van der Waals surface area contributed by atoms with Gasteiger partial charge in [-0.2, -0.15) is 0 Å². The molecule has 1 fully saturated rings. The fourth-order valence-corrected chi connectivity index (χ4v) is 3.56. The minimum atomic E-state index is -0.524. The first kappa shape index (κ1) is 20.8. The van der Waals surface area contributed by atoms with Crippen LogP contribution in [0.3, 0.4) is 0 Å². The Labute approximate surface area is 171 Å². The van der Waals surface area contributed by atoms with Crippen molar-refractivity contribution in [3.63, 3.8) is 0 Å². The molecule has 150 valence electrons. The minimum Gasteiger partial charge on any atom is -0.389 e. The second kappa shape index (κ2) is 10.0. The van der Waals surface area contributed by atoms with Gasteiger partial charge in [0.2, 0.25) is 0 Å². The van der Waals surface area contributed by atoms with Gasteiger partial charge in [-0.15, -0.1) is 0 Å². The van der Waals surface area contributed by atoms with Crippen molar-refractivity contribution in [2.45, 2.75) is 19.6 Å². The molecule has 1 N–H and O–H groups in total. The third-order valence-electron chi connectivity index (χ3n) is 5.01. The van der Waals surface area contributed by atoms with E-state index in [0.29, 0.717) is 18.2 Å². The monoisotopic (exact) mass is 402 g/mol. The van der Waals surface area contributed by atoms with Crippen molar-refractivity contribution < 1.29 is 14.6 Å². The first-order chi connectivity index (χ1) is 13.5. The molecule has 0 aromatic heterocycles. The summed E-state index contributed by atoms with van der Waals surface area (Å²) in [6.45, 7) is 6.43. The Morgan fingerprint density at radius 3 is 2.43 bits per heavy atom. The predicted octanol–water partition coefficient (Wildman–Crippen LogP) is 3.24. The Balaban J connectivity index is 1.39. The summed E-state index contributed by atoms with van der Waals surface area (Å²) in [5.74, 6) is 0.0853. The Kier molecular flexibility index (Phi) is 7.45. The first-order valence-corrected chi connectivity index (χ1v) is 9.98. The number of aliphatic hydroxyl groups excluding tert-OH is 1. The number of carbonyl (C=O) groups excluding carboxylic acids is 1. The highest BCUT2D eigenvalue weighted by atomic mass is 35.5. The van der Waals surface area contributed by atoms with Gasteiger partial charge in [0.25, 0.3) is 0 Å². The molecule has 1 unspecified atom stereocenters. The summed E-state index contributed by atoms with van der Waals surface area (Å²) in [5.41, 5.74) is 2.80. The molecule has 0 radical (unpaired) electrons. The van der Waals surface area contributed by atoms with Crippen molar-refractivity contribution >= 4 is 23.1 Å². The Morgan fingerprint density at radius 2 is 1.79 bits per heavy atom. The number of anilines is 1. The number of hydrogen-bond donors (Lipinski definition) is 1. The molecule has 0 saturated carbocycles. The highest BCUT2D eigenvalue weighted by Crippen LogP contribution is 2.18. The van der Waals surface area contributed by atoms with Crippen LogP contribution in [0.4, 0.5) is 5.69 Å². The van der Waals surface area contributed by atoms with Crippen molar-refractivity contribution in [2.75, 3.05) is 44.2 Å². The quantitative estimate of drug-likeness (QED) is 0.687. The van der Waals surface area contributed by atoms with Crippen LogP contribution < -0.4 is 4.90 Å². The molecule has 1 saturated heterocycles. The van der Waals surface area contributed by atoms with Crippen LogP contribution in [0.15, 0.2) is 48.5 Å². The lowest BCUT2D eigenvalue weighted by atomic mass is 10.1. The van der Waals surface area contributed by atoms with Gasteiger partial charge < -0.3 is 14.7 Å². The summed E-state index contributed by atoms with van der Waals surface area (Å²) in [5, 5.41) is 11.0. The summed E-state index contributed by atoms with van der Waals surface area (Å²) >= 11 is 6.11. The lowest BCUT2D eigenvalue weighted by Gasteiger charge is -2.37. The van der Waals surface area contributed by atoms with Crippen LogP contribution in [0.1, 0.15) is 22.8 Å². The zero-order valence-corrected chi connectivity index (χ0v) is 16.9. The van der Waals surface area contributed by atoms with Crippen LogP contribution in [-0.4, -0.2) is 61.2 Å². The van der Waals surface area contributed by atoms with Gasteiger partial charge in [-0.25, -0.2) is 0 Å². The number of carbonyl (C=O) groups is 1. The topological polar surface area (TPSA) is 53.0 Å². The van der Waals surface area contributed by atoms with Crippen LogP contribution >= 0.6 is 11.6 Å². The lowest BCUT2D eigenvalue weighted by molar-refractivity contribution is 0.00916. The van der Waals surface area contributed by atoms with E-state index in [2.05, 4.69) is 9.80 Å². The molecule has 1 atom stereocenters. The second-order valence-corrected chi connectivity index (χ2v) is 7.56. The first-order valence-electron chi connectivity index (χ1n) is 9.60. The minimum absolute atomic E-state index is 0.0853. The van der Waals surface area contributed by atoms with E-state index >= 15 is 0 Å². The highest BCUT2D eigenvalue weighted by Gasteiger charge is 2.19. The Morgan fingerprint density at radius 1 is 1.11 bits per heavy atom. The van der Waals surface area contributed by atoms with E-state index in [1.165, 1.54) is 0 Å². The number of benzene rings is 2. The molecule has 2 aromatic rings. The van der Waals surface area contributed by atoms with Gasteiger partial charge in [-0.1, -0.05) is 29.8 Å². The van der Waals surface area contributed by atoms with Crippen LogP contribution in [-0.2, 0) is 11.3 Å². The second-order valence-electron chi connectivity index (χ2n) is 7.15. The van der Waals surface area contributed by atoms with Crippen LogP contribution in [0.2, 0.25) is 5.02 Å². The van der Waals surface area contributed by atoms with Crippen LogP contribution in [0.25, 0.3) is 0 Å². The van der Waals surface area contributed by atoms with Crippen LogP contribution in [0.5, 0.6) is 0 Å². The summed E-state index contributed by atoms with van der Waals surface area (Å²) in [6.07, 6.45) is -0.524. The maximum absolute atomic E-state index is 11.4. The summed E-state index contributed by atoms with van der Waals surface area (Å²) in [6, 6.07) is 15.3. The van der Waals surface area contributed by atoms with E-state index in [9.17, 15) is 9.90 Å². The maximum Gasteiger partial charge on any atom is 0.159 e. The predicted molar refractivity (Wildman–Crippen MR) is 112 cm³/mol. The van der Waals surface area contributed by atoms with E-state index in [4.69, 9.17) is 16.3 Å². The zero-order chi connectivity index (χ0) is 19.9. The van der Waals surface area contributed by atoms with E-state index in [-0.39, 0.29) is 12.4 Å². The number of hydrogen-bond acceptors (Lipinski definition) is 5. The standard InChI is InChI=1S/C22H27ClN2O3/c1-17(26)18-6-8-20(9-7-18)25-12-10-24(11-13-25)14-21(27)16-28-15-19-4-2-3-5-22(19)23/h2-9,21,27H,10-16H2,1H3. The summed E-state index contributed by atoms with van der Waals surface area (Å²) < 4.78 is 5.63. The molecule has 6 heteroatoms. The average Bonchev–Trinajstić information content (AvgIpc) is 2.70. The number of ether oxygens (including phenoxy) is 1. The van der Waals surface area contributed by atoms with E-state index in [1.54, 1.807) is 6.92 Å². The van der Waals surface area contributed by atoms with Gasteiger partial charge in [0.05, 0.1) is 19.3 Å². The molecule has 0 amide bonds. The molecule has 5 nitrogen and oxygen atoms in total. The molecule has 3 rings (SSSR count). The fraction of sp³-hybridized carbons (Fsp3) is 0.409. The molecule has 2 aromatic carbocycles. The van der Waals surface area contributed by atoms with Crippen molar-refractivity contribution in [1.29, 1.82) is 0 Å². The number of halogens is 1. The van der Waals surface area contributed by atoms with Gasteiger partial charge in [-0.05, 0) is 42.8 Å². The number of rotatable bonds is 8. The maximum atomic E-state index is 11.4. The van der Waals surface area contributed by atoms with Crippen LogP contribution in [0, 0.1) is 0 Å². The smallest absolute Gasteiger partial charge is 0.159 e. The van der Waals surface area contributed by atoms with Gasteiger partial charge in [-0.3, -0.25) is 9.69 Å². The number of Topliss-reactive ketones (excluding diaryl/α,β-unsaturated/α-hetero) is 1. The summed E-state index contributed by atoms with van der Waals surface area (Å²) in [7, 11) is 0. The van der Waals surface area contributed by atoms with Crippen molar-refractivity contribution in [1.82, 2.24) is 4.90 Å². The molecular formula is C22H27ClN2O3. The van der Waals surface area contributed by atoms with Gasteiger partial charge in [0.1, 0.15) is 0 Å². The largest absolute Gasteiger partial charge is 0.389 e. The van der Waals surface area contributed by atoms with Gasteiger partial charge >= 0.3 is 0 Å². The number of piperazine rings is 1. The highest BCUT2D eigenvalue weighted by molar-refractivity contribution is 6.31. The van der Waals surface area contributed by atoms with Crippen molar-refractivity contribution in [3.05, 3.63) is 64.7 Å². The lowest BCUT2D eigenvalue weighted by Crippen LogP contribution is -2.49. The summed E-state index contributed by atoms with van der Waals surface area (Å²) in [4.78, 5) is 16.0. The number of ketones is 1. The van der Waals surface area contributed by atoms with E-state index < -0.39 is 6.10 Å². The van der Waals surface area contributed by atoms with E-state index in [0.717, 1.165) is 43.0 Å². The third-order valence-corrected chi connectivity index (χ3v) is 5.37. The molecule has 0 bridgehead atoms. The molecule has 1 aliphatic rings. The SMILES string of the molecule is CC(=O)c1ccc(N2CCN(CC(O)COCc3ccccc3Cl)CC2)cc1. The Bertz CT molecular complexity index is 774. The molecule has 1 heterocycles. The number of β-amino-alcohol motifs (C(OH)–C–C–N with tert-alkyl or cyclic N) is 1. The van der Waals surface area contributed by atoms with Crippen molar-refractivity contribution in [2.24, 2.45) is 0 Å². The molecule has 1 aliphatic heterocycles. The Hall–Kier alpha value is -1.92. The van der Waals surface area contributed by atoms with Crippen molar-refractivity contribution in [3.8, 4) is 0 Å². The van der Waals surface area contributed by atoms with E-state index in [1.807, 2.05) is 48.5 Å². The molecule has 0 spiro atoms. The molecule has 0 aliphatic carbocycles. The third kappa shape index (κ3) is 5.79. The molecule has 28 heavy (non-hydrogen) atoms. The average molecular weight is 403 g/mol.